The smallest absolute Gasteiger partial charge is 0.381 e. The Morgan fingerprint density at radius 2 is 1.90 bits per heavy atom. The number of rotatable bonds is 4. The Bertz CT molecular complexity index is 576. The summed E-state index contributed by atoms with van der Waals surface area (Å²) >= 11 is -0.111. The fourth-order valence-corrected chi connectivity index (χ4v) is 2.23. The highest BCUT2D eigenvalue weighted by atomic mass is 32.2. The topological polar surface area (TPSA) is 29.9 Å². The van der Waals surface area contributed by atoms with Crippen LogP contribution in [0.25, 0.3) is 0 Å². The molecule has 0 aliphatic rings. The van der Waals surface area contributed by atoms with E-state index in [1.54, 1.807) is 23.0 Å². The van der Waals surface area contributed by atoms with Crippen molar-refractivity contribution in [2.24, 2.45) is 7.05 Å². The number of nitrogens with one attached hydrogen (secondary N) is 1. The molecule has 0 aliphatic heterocycles. The number of benzene rings is 1. The first-order chi connectivity index (χ1) is 9.35. The Balaban J connectivity index is 1.96. The molecule has 20 heavy (non-hydrogen) atoms. The van der Waals surface area contributed by atoms with E-state index in [4.69, 9.17) is 0 Å². The molecule has 0 atom stereocenters. The maximum Gasteiger partial charge on any atom is 0.446 e. The molecule has 1 heterocycles. The summed E-state index contributed by atoms with van der Waals surface area (Å²) in [7, 11) is 1.86. The van der Waals surface area contributed by atoms with Crippen LogP contribution in [-0.4, -0.2) is 15.3 Å². The van der Waals surface area contributed by atoms with Gasteiger partial charge >= 0.3 is 5.51 Å². The number of nitrogens with zero attached hydrogens (tertiary/aromatic N) is 2. The average Bonchev–Trinajstić information content (AvgIpc) is 2.68. The van der Waals surface area contributed by atoms with Crippen LogP contribution < -0.4 is 5.32 Å². The second-order valence-corrected chi connectivity index (χ2v) is 5.44. The third-order valence-corrected chi connectivity index (χ3v) is 3.65. The zero-order valence-corrected chi connectivity index (χ0v) is 11.8. The highest BCUT2D eigenvalue weighted by Crippen LogP contribution is 2.37. The summed E-state index contributed by atoms with van der Waals surface area (Å²) in [6.07, 6.45) is 1.77. The first kappa shape index (κ1) is 14.8. The van der Waals surface area contributed by atoms with Crippen molar-refractivity contribution >= 4 is 17.4 Å². The summed E-state index contributed by atoms with van der Waals surface area (Å²) < 4.78 is 38.4. The summed E-state index contributed by atoms with van der Waals surface area (Å²) in [6, 6.07) is 6.19. The molecule has 108 valence electrons. The Kier molecular flexibility index (Phi) is 4.27. The lowest BCUT2D eigenvalue weighted by Gasteiger charge is -2.08. The summed E-state index contributed by atoms with van der Waals surface area (Å²) in [6.45, 7) is 2.55. The Hall–Kier alpha value is -1.63. The predicted molar refractivity (Wildman–Crippen MR) is 73.6 cm³/mol. The van der Waals surface area contributed by atoms with E-state index in [1.807, 2.05) is 14.0 Å². The molecule has 0 spiro atoms. The van der Waals surface area contributed by atoms with Crippen LogP contribution in [0.5, 0.6) is 0 Å². The van der Waals surface area contributed by atoms with Gasteiger partial charge in [-0.1, -0.05) is 0 Å². The van der Waals surface area contributed by atoms with Crippen LogP contribution in [0.15, 0.2) is 35.4 Å². The Morgan fingerprint density at radius 1 is 1.25 bits per heavy atom. The monoisotopic (exact) mass is 301 g/mol. The van der Waals surface area contributed by atoms with Gasteiger partial charge in [0.15, 0.2) is 0 Å². The molecule has 0 saturated carbocycles. The van der Waals surface area contributed by atoms with Gasteiger partial charge in [0, 0.05) is 35.4 Å². The molecule has 0 unspecified atom stereocenters. The maximum absolute atomic E-state index is 12.2. The van der Waals surface area contributed by atoms with Crippen molar-refractivity contribution in [1.82, 2.24) is 9.78 Å². The summed E-state index contributed by atoms with van der Waals surface area (Å²) in [5, 5.41) is 7.29. The first-order valence-corrected chi connectivity index (χ1v) is 6.74. The number of thioether (sulfide) groups is 1. The van der Waals surface area contributed by atoms with E-state index in [0.717, 1.165) is 16.9 Å². The highest BCUT2D eigenvalue weighted by molar-refractivity contribution is 8.00. The van der Waals surface area contributed by atoms with E-state index in [-0.39, 0.29) is 16.7 Å². The van der Waals surface area contributed by atoms with Crippen LogP contribution in [0.1, 0.15) is 11.3 Å². The van der Waals surface area contributed by atoms with Crippen LogP contribution in [0, 0.1) is 6.92 Å². The molecule has 0 bridgehead atoms. The largest absolute Gasteiger partial charge is 0.446 e. The van der Waals surface area contributed by atoms with Gasteiger partial charge in [0.2, 0.25) is 0 Å². The molecule has 1 aromatic carbocycles. The standard InChI is InChI=1S/C13H14F3N3S/c1-9-10(8-18-19(9)2)7-17-11-3-5-12(6-4-11)20-13(14,15)16/h3-6,8,17H,7H2,1-2H3. The lowest BCUT2D eigenvalue weighted by atomic mass is 10.2. The molecule has 0 saturated heterocycles. The molecule has 7 heteroatoms. The molecule has 0 fully saturated rings. The molecule has 1 N–H and O–H groups in total. The number of aromatic nitrogens is 2. The lowest BCUT2D eigenvalue weighted by Crippen LogP contribution is -2.02. The van der Waals surface area contributed by atoms with Crippen LogP contribution in [0.3, 0.4) is 0 Å². The molecule has 1 aromatic heterocycles. The molecule has 0 aliphatic carbocycles. The molecule has 2 aromatic rings. The second-order valence-electron chi connectivity index (χ2n) is 4.30. The van der Waals surface area contributed by atoms with E-state index >= 15 is 0 Å². The van der Waals surface area contributed by atoms with Crippen molar-refractivity contribution in [3.8, 4) is 0 Å². The fraction of sp³-hybridized carbons (Fsp3) is 0.308. The van der Waals surface area contributed by atoms with Crippen molar-refractivity contribution in [2.45, 2.75) is 23.9 Å². The van der Waals surface area contributed by atoms with E-state index in [2.05, 4.69) is 10.4 Å². The molecular formula is C13H14F3N3S. The minimum Gasteiger partial charge on any atom is -0.381 e. The first-order valence-electron chi connectivity index (χ1n) is 5.92. The van der Waals surface area contributed by atoms with E-state index < -0.39 is 5.51 Å². The Morgan fingerprint density at radius 3 is 2.40 bits per heavy atom. The lowest BCUT2D eigenvalue weighted by molar-refractivity contribution is -0.0328. The van der Waals surface area contributed by atoms with E-state index in [0.29, 0.717) is 6.54 Å². The third-order valence-electron chi connectivity index (χ3n) is 2.91. The number of alkyl halides is 3. The summed E-state index contributed by atoms with van der Waals surface area (Å²) in [4.78, 5) is 0.181. The van der Waals surface area contributed by atoms with Crippen molar-refractivity contribution in [3.05, 3.63) is 41.7 Å². The SMILES string of the molecule is Cc1c(CNc2ccc(SC(F)(F)F)cc2)cnn1C. The van der Waals surface area contributed by atoms with Gasteiger partial charge in [0.05, 0.1) is 6.20 Å². The molecular weight excluding hydrogens is 287 g/mol. The molecule has 3 nitrogen and oxygen atoms in total. The quantitative estimate of drug-likeness (QED) is 0.867. The number of aryl methyl sites for hydroxylation is 1. The zero-order valence-electron chi connectivity index (χ0n) is 11.0. The van der Waals surface area contributed by atoms with Gasteiger partial charge in [-0.05, 0) is 43.0 Å². The summed E-state index contributed by atoms with van der Waals surface area (Å²) in [5.41, 5.74) is -1.36. The zero-order chi connectivity index (χ0) is 14.8. The van der Waals surface area contributed by atoms with Crippen LogP contribution in [0.2, 0.25) is 0 Å². The van der Waals surface area contributed by atoms with Crippen LogP contribution >= 0.6 is 11.8 Å². The van der Waals surface area contributed by atoms with Gasteiger partial charge in [0.1, 0.15) is 0 Å². The van der Waals surface area contributed by atoms with Crippen LogP contribution in [-0.2, 0) is 13.6 Å². The van der Waals surface area contributed by atoms with Crippen molar-refractivity contribution in [2.75, 3.05) is 5.32 Å². The number of halogens is 3. The van der Waals surface area contributed by atoms with Gasteiger partial charge in [0.25, 0.3) is 0 Å². The molecule has 0 radical (unpaired) electrons. The number of anilines is 1. The molecule has 2 rings (SSSR count). The second kappa shape index (κ2) is 5.78. The van der Waals surface area contributed by atoms with E-state index in [9.17, 15) is 13.2 Å². The fourth-order valence-electron chi connectivity index (χ4n) is 1.69. The van der Waals surface area contributed by atoms with E-state index in [1.165, 1.54) is 12.1 Å². The van der Waals surface area contributed by atoms with Gasteiger partial charge in [-0.25, -0.2) is 0 Å². The van der Waals surface area contributed by atoms with Crippen molar-refractivity contribution < 1.29 is 13.2 Å². The minimum atomic E-state index is -4.25. The number of hydrogen-bond acceptors (Lipinski definition) is 3. The Labute approximate surface area is 119 Å². The molecule has 0 amide bonds. The van der Waals surface area contributed by atoms with Crippen molar-refractivity contribution in [3.63, 3.8) is 0 Å². The van der Waals surface area contributed by atoms with Gasteiger partial charge in [-0.3, -0.25) is 4.68 Å². The normalized spacial score (nSPS) is 11.7. The number of hydrogen-bond donors (Lipinski definition) is 1. The van der Waals surface area contributed by atoms with Gasteiger partial charge in [-0.15, -0.1) is 0 Å². The van der Waals surface area contributed by atoms with Crippen LogP contribution in [0.4, 0.5) is 18.9 Å². The van der Waals surface area contributed by atoms with Gasteiger partial charge < -0.3 is 5.32 Å². The maximum atomic E-state index is 12.2. The highest BCUT2D eigenvalue weighted by Gasteiger charge is 2.28. The van der Waals surface area contributed by atoms with Crippen molar-refractivity contribution in [1.29, 1.82) is 0 Å². The van der Waals surface area contributed by atoms with Gasteiger partial charge in [-0.2, -0.15) is 18.3 Å². The average molecular weight is 301 g/mol. The predicted octanol–water partition coefficient (Wildman–Crippen LogP) is 3.95. The summed E-state index contributed by atoms with van der Waals surface area (Å²) in [5.74, 6) is 0. The minimum absolute atomic E-state index is 0.111. The third kappa shape index (κ3) is 3.93.